The Balaban J connectivity index is 1.35. The van der Waals surface area contributed by atoms with Crippen molar-refractivity contribution in [3.63, 3.8) is 0 Å². The van der Waals surface area contributed by atoms with Crippen LogP contribution in [0.3, 0.4) is 0 Å². The van der Waals surface area contributed by atoms with Gasteiger partial charge in [0.2, 0.25) is 0 Å². The van der Waals surface area contributed by atoms with E-state index in [4.69, 9.17) is 26.7 Å². The standard InChI is InChI=1S/C32H34N4O2S/c1-21-20-28(22(2)35(21)23-8-4-5-9-23)31-30(29-10-6-7-19-33-29)34-32(39)36(31)24-11-13-26(14-12-24)38-27-17-15-25(37-3)16-18-27/h6-7,10-20,23,30-31H,4-5,8-9H2,1-3H3,(H,34,39)/t30-,31+/m0/s1. The summed E-state index contributed by atoms with van der Waals surface area (Å²) in [4.78, 5) is 6.97. The van der Waals surface area contributed by atoms with Crippen molar-refractivity contribution in [3.8, 4) is 17.2 Å². The zero-order chi connectivity index (χ0) is 26.9. The van der Waals surface area contributed by atoms with Gasteiger partial charge in [-0.25, -0.2) is 0 Å². The summed E-state index contributed by atoms with van der Waals surface area (Å²) in [5, 5.41) is 4.30. The predicted octanol–water partition coefficient (Wildman–Crippen LogP) is 7.59. The maximum absolute atomic E-state index is 6.08. The highest BCUT2D eigenvalue weighted by Gasteiger charge is 2.42. The lowest BCUT2D eigenvalue weighted by Gasteiger charge is -2.28. The lowest BCUT2D eigenvalue weighted by molar-refractivity contribution is 0.413. The maximum atomic E-state index is 6.08. The Labute approximate surface area is 235 Å². The van der Waals surface area contributed by atoms with Crippen molar-refractivity contribution in [1.82, 2.24) is 14.9 Å². The van der Waals surface area contributed by atoms with Crippen LogP contribution >= 0.6 is 12.2 Å². The average molecular weight is 539 g/mol. The van der Waals surface area contributed by atoms with Crippen LogP contribution in [0, 0.1) is 13.8 Å². The molecule has 6 nitrogen and oxygen atoms in total. The molecule has 3 heterocycles. The topological polar surface area (TPSA) is 51.6 Å². The zero-order valence-electron chi connectivity index (χ0n) is 22.6. The molecule has 4 aromatic rings. The van der Waals surface area contributed by atoms with Crippen LogP contribution < -0.4 is 19.7 Å². The molecule has 1 saturated heterocycles. The number of aryl methyl sites for hydroxylation is 1. The first-order valence-corrected chi connectivity index (χ1v) is 14.1. The van der Waals surface area contributed by atoms with Gasteiger partial charge in [0, 0.05) is 29.3 Å². The van der Waals surface area contributed by atoms with Crippen molar-refractivity contribution >= 4 is 23.0 Å². The zero-order valence-corrected chi connectivity index (χ0v) is 23.4. The molecule has 1 aliphatic carbocycles. The van der Waals surface area contributed by atoms with Gasteiger partial charge < -0.3 is 24.3 Å². The van der Waals surface area contributed by atoms with Crippen LogP contribution in [0.2, 0.25) is 0 Å². The van der Waals surface area contributed by atoms with Crippen LogP contribution in [0.25, 0.3) is 0 Å². The second kappa shape index (κ2) is 10.7. The Morgan fingerprint density at radius 3 is 2.21 bits per heavy atom. The first-order chi connectivity index (χ1) is 19.0. The SMILES string of the molecule is COc1ccc(Oc2ccc(N3C(=S)N[C@@H](c4ccccn4)[C@H]3c3cc(C)n(C4CCCC4)c3C)cc2)cc1. The minimum atomic E-state index is -0.0635. The average Bonchev–Trinajstić information content (AvgIpc) is 3.68. The quantitative estimate of drug-likeness (QED) is 0.245. The van der Waals surface area contributed by atoms with Gasteiger partial charge in [-0.05, 0) is 111 Å². The van der Waals surface area contributed by atoms with E-state index in [-0.39, 0.29) is 12.1 Å². The van der Waals surface area contributed by atoms with E-state index in [9.17, 15) is 0 Å². The molecule has 0 bridgehead atoms. The number of benzene rings is 2. The van der Waals surface area contributed by atoms with Crippen LogP contribution in [0.4, 0.5) is 5.69 Å². The van der Waals surface area contributed by atoms with Gasteiger partial charge in [-0.3, -0.25) is 4.98 Å². The Morgan fingerprint density at radius 2 is 1.56 bits per heavy atom. The predicted molar refractivity (Wildman–Crippen MR) is 159 cm³/mol. The van der Waals surface area contributed by atoms with Crippen molar-refractivity contribution in [2.75, 3.05) is 12.0 Å². The van der Waals surface area contributed by atoms with E-state index in [0.717, 1.165) is 28.6 Å². The van der Waals surface area contributed by atoms with E-state index in [1.807, 2.05) is 54.7 Å². The normalized spacial score (nSPS) is 19.4. The molecule has 2 aromatic carbocycles. The summed E-state index contributed by atoms with van der Waals surface area (Å²) in [6.07, 6.45) is 6.97. The monoisotopic (exact) mass is 538 g/mol. The van der Waals surface area contributed by atoms with Crippen molar-refractivity contribution in [2.45, 2.75) is 57.7 Å². The Hall–Kier alpha value is -3.84. The molecule has 2 aromatic heterocycles. The van der Waals surface area contributed by atoms with Crippen LogP contribution in [0.5, 0.6) is 17.2 Å². The molecular weight excluding hydrogens is 504 g/mol. The minimum Gasteiger partial charge on any atom is -0.497 e. The van der Waals surface area contributed by atoms with Crippen molar-refractivity contribution < 1.29 is 9.47 Å². The molecule has 2 atom stereocenters. The van der Waals surface area contributed by atoms with Crippen molar-refractivity contribution in [1.29, 1.82) is 0 Å². The molecule has 2 aliphatic rings. The smallest absolute Gasteiger partial charge is 0.174 e. The van der Waals surface area contributed by atoms with E-state index < -0.39 is 0 Å². The van der Waals surface area contributed by atoms with Gasteiger partial charge in [-0.2, -0.15) is 0 Å². The number of ether oxygens (including phenoxy) is 2. The van der Waals surface area contributed by atoms with Crippen molar-refractivity contribution in [3.05, 3.63) is 102 Å². The van der Waals surface area contributed by atoms with Gasteiger partial charge in [0.15, 0.2) is 5.11 Å². The third-order valence-electron chi connectivity index (χ3n) is 8.04. The number of pyridine rings is 1. The fourth-order valence-electron chi connectivity index (χ4n) is 6.23. The molecule has 0 spiro atoms. The molecule has 6 rings (SSSR count). The Bertz CT molecular complexity index is 1440. The van der Waals surface area contributed by atoms with E-state index in [2.05, 4.69) is 52.9 Å². The van der Waals surface area contributed by atoms with E-state index in [1.54, 1.807) is 7.11 Å². The second-order valence-electron chi connectivity index (χ2n) is 10.4. The fraction of sp³-hybridized carbons (Fsp3) is 0.312. The highest BCUT2D eigenvalue weighted by Crippen LogP contribution is 2.45. The number of hydrogen-bond donors (Lipinski definition) is 1. The number of nitrogens with zero attached hydrogens (tertiary/aromatic N) is 3. The van der Waals surface area contributed by atoms with E-state index in [1.165, 1.54) is 42.6 Å². The summed E-state index contributed by atoms with van der Waals surface area (Å²) < 4.78 is 13.9. The molecule has 1 aliphatic heterocycles. The number of nitrogens with one attached hydrogen (secondary N) is 1. The van der Waals surface area contributed by atoms with Gasteiger partial charge in [0.05, 0.1) is 24.9 Å². The summed E-state index contributed by atoms with van der Waals surface area (Å²) in [6.45, 7) is 4.50. The number of rotatable bonds is 7. The number of aromatic nitrogens is 2. The van der Waals surface area contributed by atoms with E-state index in [0.29, 0.717) is 11.2 Å². The molecule has 200 valence electrons. The summed E-state index contributed by atoms with van der Waals surface area (Å²) in [7, 11) is 1.66. The fourth-order valence-corrected chi connectivity index (χ4v) is 6.58. The summed E-state index contributed by atoms with van der Waals surface area (Å²) in [6, 6.07) is 24.7. The molecule has 7 heteroatoms. The lowest BCUT2D eigenvalue weighted by atomic mass is 9.96. The number of hydrogen-bond acceptors (Lipinski definition) is 4. The van der Waals surface area contributed by atoms with Gasteiger partial charge in [0.1, 0.15) is 17.2 Å². The number of anilines is 1. The lowest BCUT2D eigenvalue weighted by Crippen LogP contribution is -2.29. The first-order valence-electron chi connectivity index (χ1n) is 13.6. The molecule has 2 fully saturated rings. The van der Waals surface area contributed by atoms with Gasteiger partial charge in [0.25, 0.3) is 0 Å². The molecular formula is C32H34N4O2S. The molecule has 1 N–H and O–H groups in total. The van der Waals surface area contributed by atoms with E-state index >= 15 is 0 Å². The van der Waals surface area contributed by atoms with Crippen LogP contribution in [-0.4, -0.2) is 21.8 Å². The van der Waals surface area contributed by atoms with Crippen molar-refractivity contribution in [2.24, 2.45) is 0 Å². The summed E-state index contributed by atoms with van der Waals surface area (Å²) in [5.74, 6) is 2.32. The molecule has 0 radical (unpaired) electrons. The Kier molecular flexibility index (Phi) is 7.00. The summed E-state index contributed by atoms with van der Waals surface area (Å²) in [5.41, 5.74) is 5.93. The third-order valence-corrected chi connectivity index (χ3v) is 8.35. The maximum Gasteiger partial charge on any atom is 0.174 e. The molecule has 0 amide bonds. The number of thiocarbonyl (C=S) groups is 1. The largest absolute Gasteiger partial charge is 0.497 e. The molecule has 39 heavy (non-hydrogen) atoms. The third kappa shape index (κ3) is 4.87. The number of methoxy groups -OCH3 is 1. The Morgan fingerprint density at radius 1 is 0.897 bits per heavy atom. The molecule has 1 saturated carbocycles. The minimum absolute atomic E-state index is 0.0258. The molecule has 0 unspecified atom stereocenters. The summed E-state index contributed by atoms with van der Waals surface area (Å²) >= 11 is 5.97. The van der Waals surface area contributed by atoms with Gasteiger partial charge in [-0.15, -0.1) is 0 Å². The van der Waals surface area contributed by atoms with Crippen LogP contribution in [0.15, 0.2) is 79.0 Å². The highest BCUT2D eigenvalue weighted by atomic mass is 32.1. The highest BCUT2D eigenvalue weighted by molar-refractivity contribution is 7.80. The van der Waals surface area contributed by atoms with Crippen LogP contribution in [0.1, 0.15) is 66.5 Å². The van der Waals surface area contributed by atoms with Gasteiger partial charge in [-0.1, -0.05) is 18.9 Å². The second-order valence-corrected chi connectivity index (χ2v) is 10.8. The van der Waals surface area contributed by atoms with Gasteiger partial charge >= 0.3 is 0 Å². The first kappa shape index (κ1) is 25.4. The van der Waals surface area contributed by atoms with Crippen LogP contribution in [-0.2, 0) is 0 Å².